The lowest BCUT2D eigenvalue weighted by Crippen LogP contribution is -2.27. The van der Waals surface area contributed by atoms with Crippen molar-refractivity contribution in [1.82, 2.24) is 0 Å². The number of anilines is 1. The molecule has 0 bridgehead atoms. The van der Waals surface area contributed by atoms with Crippen LogP contribution in [0.15, 0.2) is 53.0 Å². The number of carbonyl (C=O) groups is 1. The number of nitrogens with one attached hydrogen (secondary N) is 1. The van der Waals surface area contributed by atoms with E-state index in [9.17, 15) is 9.18 Å². The smallest absolute Gasteiger partial charge is 0.235 e. The molecule has 0 atom stereocenters. The van der Waals surface area contributed by atoms with Gasteiger partial charge in [-0.2, -0.15) is 0 Å². The molecule has 1 fully saturated rings. The summed E-state index contributed by atoms with van der Waals surface area (Å²) in [7, 11) is 0. The standard InChI is InChI=1S/C16H13BrFNO/c17-13-10-12(18)6-7-14(13)19-15(20)16(8-9-16)11-4-2-1-3-5-11/h1-7,10H,8-9H2,(H,19,20). The largest absolute Gasteiger partial charge is 0.324 e. The highest BCUT2D eigenvalue weighted by molar-refractivity contribution is 9.10. The van der Waals surface area contributed by atoms with Gasteiger partial charge in [-0.05, 0) is 52.5 Å². The number of rotatable bonds is 3. The topological polar surface area (TPSA) is 29.1 Å². The number of halogens is 2. The molecule has 0 spiro atoms. The van der Waals surface area contributed by atoms with Crippen LogP contribution >= 0.6 is 15.9 Å². The third kappa shape index (κ3) is 2.36. The molecule has 0 aliphatic heterocycles. The normalized spacial score (nSPS) is 15.7. The van der Waals surface area contributed by atoms with E-state index in [0.717, 1.165) is 18.4 Å². The molecule has 0 heterocycles. The lowest BCUT2D eigenvalue weighted by molar-refractivity contribution is -0.118. The van der Waals surface area contributed by atoms with Crippen molar-refractivity contribution in [3.05, 3.63) is 64.4 Å². The first-order valence-electron chi connectivity index (χ1n) is 6.44. The second kappa shape index (κ2) is 5.02. The van der Waals surface area contributed by atoms with Gasteiger partial charge < -0.3 is 5.32 Å². The summed E-state index contributed by atoms with van der Waals surface area (Å²) in [6.07, 6.45) is 1.70. The molecule has 1 aliphatic rings. The highest BCUT2D eigenvalue weighted by Gasteiger charge is 2.51. The van der Waals surface area contributed by atoms with E-state index in [4.69, 9.17) is 0 Å². The second-order valence-corrected chi connectivity index (χ2v) is 5.88. The van der Waals surface area contributed by atoms with Crippen LogP contribution in [0.25, 0.3) is 0 Å². The zero-order chi connectivity index (χ0) is 14.2. The minimum atomic E-state index is -0.422. The first kappa shape index (κ1) is 13.3. The summed E-state index contributed by atoms with van der Waals surface area (Å²) in [6.45, 7) is 0. The van der Waals surface area contributed by atoms with Crippen molar-refractivity contribution in [2.75, 3.05) is 5.32 Å². The number of amides is 1. The van der Waals surface area contributed by atoms with Crippen LogP contribution in [0.2, 0.25) is 0 Å². The Balaban J connectivity index is 1.83. The second-order valence-electron chi connectivity index (χ2n) is 5.03. The molecule has 3 rings (SSSR count). The zero-order valence-corrected chi connectivity index (χ0v) is 12.3. The summed E-state index contributed by atoms with van der Waals surface area (Å²) >= 11 is 3.26. The van der Waals surface area contributed by atoms with Gasteiger partial charge in [0.15, 0.2) is 0 Å². The summed E-state index contributed by atoms with van der Waals surface area (Å²) in [4.78, 5) is 12.5. The van der Waals surface area contributed by atoms with Crippen molar-refractivity contribution >= 4 is 27.5 Å². The molecule has 2 aromatic rings. The average Bonchev–Trinajstić information content (AvgIpc) is 3.24. The van der Waals surface area contributed by atoms with E-state index < -0.39 is 5.41 Å². The molecular formula is C16H13BrFNO. The molecule has 0 radical (unpaired) electrons. The fourth-order valence-electron chi connectivity index (χ4n) is 2.36. The molecule has 0 unspecified atom stereocenters. The molecule has 1 saturated carbocycles. The highest BCUT2D eigenvalue weighted by atomic mass is 79.9. The molecule has 1 aliphatic carbocycles. The SMILES string of the molecule is O=C(Nc1ccc(F)cc1Br)C1(c2ccccc2)CC1. The maximum Gasteiger partial charge on any atom is 0.235 e. The summed E-state index contributed by atoms with van der Waals surface area (Å²) in [5, 5.41) is 2.89. The number of benzene rings is 2. The van der Waals surface area contributed by atoms with Crippen LogP contribution in [-0.4, -0.2) is 5.91 Å². The molecule has 0 aromatic heterocycles. The predicted octanol–water partition coefficient (Wildman–Crippen LogP) is 4.26. The van der Waals surface area contributed by atoms with Gasteiger partial charge in [0.2, 0.25) is 5.91 Å². The predicted molar refractivity (Wildman–Crippen MR) is 80.1 cm³/mol. The van der Waals surface area contributed by atoms with Crippen LogP contribution in [0.3, 0.4) is 0 Å². The van der Waals surface area contributed by atoms with Gasteiger partial charge in [0.05, 0.1) is 11.1 Å². The quantitative estimate of drug-likeness (QED) is 0.893. The molecule has 20 heavy (non-hydrogen) atoms. The summed E-state index contributed by atoms with van der Waals surface area (Å²) in [5.41, 5.74) is 1.21. The van der Waals surface area contributed by atoms with Crippen molar-refractivity contribution in [3.63, 3.8) is 0 Å². The third-order valence-electron chi connectivity index (χ3n) is 3.69. The molecule has 2 aromatic carbocycles. The Kier molecular flexibility index (Phi) is 3.34. The van der Waals surface area contributed by atoms with Crippen molar-refractivity contribution in [2.24, 2.45) is 0 Å². The fraction of sp³-hybridized carbons (Fsp3) is 0.188. The maximum atomic E-state index is 13.1. The van der Waals surface area contributed by atoms with Gasteiger partial charge in [-0.15, -0.1) is 0 Å². The third-order valence-corrected chi connectivity index (χ3v) is 4.35. The maximum absolute atomic E-state index is 13.1. The first-order chi connectivity index (χ1) is 9.62. The minimum Gasteiger partial charge on any atom is -0.324 e. The van der Waals surface area contributed by atoms with Crippen LogP contribution in [0.4, 0.5) is 10.1 Å². The van der Waals surface area contributed by atoms with Gasteiger partial charge in [-0.25, -0.2) is 4.39 Å². The fourth-order valence-corrected chi connectivity index (χ4v) is 2.81. The van der Waals surface area contributed by atoms with Gasteiger partial charge in [-0.1, -0.05) is 30.3 Å². The monoisotopic (exact) mass is 333 g/mol. The first-order valence-corrected chi connectivity index (χ1v) is 7.23. The van der Waals surface area contributed by atoms with Crippen LogP contribution in [-0.2, 0) is 10.2 Å². The van der Waals surface area contributed by atoms with Gasteiger partial charge in [0.25, 0.3) is 0 Å². The average molecular weight is 334 g/mol. The molecule has 1 amide bonds. The van der Waals surface area contributed by atoms with E-state index >= 15 is 0 Å². The van der Waals surface area contributed by atoms with Crippen LogP contribution in [0.5, 0.6) is 0 Å². The number of hydrogen-bond acceptors (Lipinski definition) is 1. The molecule has 1 N–H and O–H groups in total. The Hall–Kier alpha value is -1.68. The van der Waals surface area contributed by atoms with E-state index in [1.54, 1.807) is 6.07 Å². The summed E-state index contributed by atoms with van der Waals surface area (Å²) in [6, 6.07) is 14.0. The highest BCUT2D eigenvalue weighted by Crippen LogP contribution is 2.49. The Morgan fingerprint density at radius 2 is 1.85 bits per heavy atom. The van der Waals surface area contributed by atoms with Crippen LogP contribution < -0.4 is 5.32 Å². The van der Waals surface area contributed by atoms with Gasteiger partial charge in [-0.3, -0.25) is 4.79 Å². The van der Waals surface area contributed by atoms with Crippen molar-refractivity contribution in [1.29, 1.82) is 0 Å². The van der Waals surface area contributed by atoms with E-state index in [-0.39, 0.29) is 11.7 Å². The van der Waals surface area contributed by atoms with Gasteiger partial charge in [0.1, 0.15) is 5.82 Å². The summed E-state index contributed by atoms with van der Waals surface area (Å²) < 4.78 is 13.6. The molecule has 0 saturated heterocycles. The van der Waals surface area contributed by atoms with Gasteiger partial charge >= 0.3 is 0 Å². The van der Waals surface area contributed by atoms with E-state index in [1.807, 2.05) is 30.3 Å². The van der Waals surface area contributed by atoms with E-state index in [2.05, 4.69) is 21.2 Å². The van der Waals surface area contributed by atoms with Crippen molar-refractivity contribution < 1.29 is 9.18 Å². The lowest BCUT2D eigenvalue weighted by atomic mass is 9.95. The molecule has 4 heteroatoms. The minimum absolute atomic E-state index is 0.0315. The Morgan fingerprint density at radius 3 is 2.45 bits per heavy atom. The van der Waals surface area contributed by atoms with Crippen molar-refractivity contribution in [3.8, 4) is 0 Å². The summed E-state index contributed by atoms with van der Waals surface area (Å²) in [5.74, 6) is -0.366. The van der Waals surface area contributed by atoms with E-state index in [0.29, 0.717) is 10.2 Å². The number of hydrogen-bond donors (Lipinski definition) is 1. The Morgan fingerprint density at radius 1 is 1.15 bits per heavy atom. The molecular weight excluding hydrogens is 321 g/mol. The zero-order valence-electron chi connectivity index (χ0n) is 10.7. The molecule has 2 nitrogen and oxygen atoms in total. The van der Waals surface area contributed by atoms with Crippen LogP contribution in [0.1, 0.15) is 18.4 Å². The Labute approximate surface area is 125 Å². The van der Waals surface area contributed by atoms with Crippen molar-refractivity contribution in [2.45, 2.75) is 18.3 Å². The van der Waals surface area contributed by atoms with E-state index in [1.165, 1.54) is 12.1 Å². The lowest BCUT2D eigenvalue weighted by Gasteiger charge is -2.16. The number of carbonyl (C=O) groups excluding carboxylic acids is 1. The van der Waals surface area contributed by atoms with Gasteiger partial charge in [0, 0.05) is 4.47 Å². The molecule has 102 valence electrons. The Bertz CT molecular complexity index is 653. The van der Waals surface area contributed by atoms with Crippen LogP contribution in [0, 0.1) is 5.82 Å².